The predicted molar refractivity (Wildman–Crippen MR) is 82.6 cm³/mol. The Morgan fingerprint density at radius 2 is 2.00 bits per heavy atom. The number of halogens is 3. The summed E-state index contributed by atoms with van der Waals surface area (Å²) in [4.78, 5) is 4.61. The second-order valence-corrected chi connectivity index (χ2v) is 6.74. The largest absolute Gasteiger partial charge is 0.383 e. The van der Waals surface area contributed by atoms with Gasteiger partial charge in [0.25, 0.3) is 0 Å². The minimum Gasteiger partial charge on any atom is -0.383 e. The maximum Gasteiger partial charge on any atom is 0.129 e. The first-order valence-corrected chi connectivity index (χ1v) is 7.54. The molecule has 1 aromatic carbocycles. The Labute approximate surface area is 130 Å². The minimum atomic E-state index is -0.564. The molecule has 3 rings (SSSR count). The number of nitrogens with one attached hydrogen (secondary N) is 1. The van der Waals surface area contributed by atoms with Gasteiger partial charge in [0.05, 0.1) is 11.4 Å². The molecule has 0 aliphatic carbocycles. The standard InChI is InChI=1S/C16H15BrF2N2/c1-16(2)8-20-13-6-10(15(17)21-14(13)16)5-9-3-4-11(18)7-12(9)19/h3-4,6-7,20H,5,8H2,1-2H3. The highest BCUT2D eigenvalue weighted by atomic mass is 79.9. The Morgan fingerprint density at radius 1 is 1.24 bits per heavy atom. The summed E-state index contributed by atoms with van der Waals surface area (Å²) >= 11 is 3.46. The highest BCUT2D eigenvalue weighted by Gasteiger charge is 2.32. The summed E-state index contributed by atoms with van der Waals surface area (Å²) in [5.41, 5.74) is 3.32. The first kappa shape index (κ1) is 14.4. The average Bonchev–Trinajstić information content (AvgIpc) is 2.69. The van der Waals surface area contributed by atoms with E-state index in [1.807, 2.05) is 6.07 Å². The van der Waals surface area contributed by atoms with Gasteiger partial charge in [0.1, 0.15) is 16.2 Å². The fourth-order valence-corrected chi connectivity index (χ4v) is 3.01. The van der Waals surface area contributed by atoms with E-state index in [0.29, 0.717) is 16.6 Å². The first-order valence-electron chi connectivity index (χ1n) is 6.74. The zero-order chi connectivity index (χ0) is 15.2. The molecule has 2 nitrogen and oxygen atoms in total. The molecule has 0 spiro atoms. The molecule has 0 atom stereocenters. The van der Waals surface area contributed by atoms with E-state index in [1.165, 1.54) is 12.1 Å². The van der Waals surface area contributed by atoms with Gasteiger partial charge in [-0.2, -0.15) is 0 Å². The van der Waals surface area contributed by atoms with Gasteiger partial charge in [0.2, 0.25) is 0 Å². The van der Waals surface area contributed by atoms with Crippen LogP contribution >= 0.6 is 15.9 Å². The van der Waals surface area contributed by atoms with Gasteiger partial charge in [-0.3, -0.25) is 0 Å². The fraction of sp³-hybridized carbons (Fsp3) is 0.312. The lowest BCUT2D eigenvalue weighted by Crippen LogP contribution is -2.20. The molecule has 21 heavy (non-hydrogen) atoms. The number of nitrogens with zero attached hydrogens (tertiary/aromatic N) is 1. The molecule has 0 amide bonds. The van der Waals surface area contributed by atoms with Gasteiger partial charge in [-0.05, 0) is 39.2 Å². The topological polar surface area (TPSA) is 24.9 Å². The van der Waals surface area contributed by atoms with Crippen molar-refractivity contribution in [1.82, 2.24) is 4.98 Å². The number of rotatable bonds is 2. The van der Waals surface area contributed by atoms with Crippen LogP contribution in [0.1, 0.15) is 30.7 Å². The number of hydrogen-bond donors (Lipinski definition) is 1. The Morgan fingerprint density at radius 3 is 2.71 bits per heavy atom. The number of fused-ring (bicyclic) bond motifs is 1. The normalized spacial score (nSPS) is 15.7. The summed E-state index contributed by atoms with van der Waals surface area (Å²) in [5.74, 6) is -1.10. The van der Waals surface area contributed by atoms with Gasteiger partial charge in [-0.15, -0.1) is 0 Å². The van der Waals surface area contributed by atoms with Crippen LogP contribution in [0.2, 0.25) is 0 Å². The van der Waals surface area contributed by atoms with Gasteiger partial charge in [-0.1, -0.05) is 19.9 Å². The molecular weight excluding hydrogens is 338 g/mol. The molecule has 0 fully saturated rings. The molecular formula is C16H15BrF2N2. The maximum atomic E-state index is 13.8. The van der Waals surface area contributed by atoms with Gasteiger partial charge in [0.15, 0.2) is 0 Å². The lowest BCUT2D eigenvalue weighted by molar-refractivity contribution is 0.566. The summed E-state index contributed by atoms with van der Waals surface area (Å²) in [6, 6.07) is 5.64. The minimum absolute atomic E-state index is 0.0164. The van der Waals surface area contributed by atoms with Gasteiger partial charge < -0.3 is 5.32 Å². The van der Waals surface area contributed by atoms with Crippen LogP contribution in [0.15, 0.2) is 28.9 Å². The highest BCUT2D eigenvalue weighted by Crippen LogP contribution is 2.37. The van der Waals surface area contributed by atoms with E-state index >= 15 is 0 Å². The number of hydrogen-bond acceptors (Lipinski definition) is 2. The zero-order valence-electron chi connectivity index (χ0n) is 11.8. The third-order valence-electron chi connectivity index (χ3n) is 3.81. The van der Waals surface area contributed by atoms with Crippen molar-refractivity contribution in [1.29, 1.82) is 0 Å². The van der Waals surface area contributed by atoms with Crippen molar-refractivity contribution in [3.63, 3.8) is 0 Å². The van der Waals surface area contributed by atoms with E-state index < -0.39 is 11.6 Å². The van der Waals surface area contributed by atoms with Crippen LogP contribution in [0.5, 0.6) is 0 Å². The van der Waals surface area contributed by atoms with Gasteiger partial charge >= 0.3 is 0 Å². The van der Waals surface area contributed by atoms with E-state index in [-0.39, 0.29) is 5.41 Å². The lowest BCUT2D eigenvalue weighted by atomic mass is 9.91. The third kappa shape index (κ3) is 2.67. The van der Waals surface area contributed by atoms with E-state index in [9.17, 15) is 8.78 Å². The number of benzene rings is 1. The van der Waals surface area contributed by atoms with E-state index in [1.54, 1.807) is 0 Å². The van der Waals surface area contributed by atoms with E-state index in [0.717, 1.165) is 29.6 Å². The van der Waals surface area contributed by atoms with E-state index in [2.05, 4.69) is 40.1 Å². The van der Waals surface area contributed by atoms with Crippen molar-refractivity contribution in [3.8, 4) is 0 Å². The molecule has 2 heterocycles. The number of pyridine rings is 1. The molecule has 2 aromatic rings. The van der Waals surface area contributed by atoms with Crippen LogP contribution in [-0.2, 0) is 11.8 Å². The van der Waals surface area contributed by atoms with Crippen molar-refractivity contribution in [2.45, 2.75) is 25.7 Å². The predicted octanol–water partition coefficient (Wildman–Crippen LogP) is 4.42. The van der Waals surface area contributed by atoms with Crippen LogP contribution in [0.4, 0.5) is 14.5 Å². The summed E-state index contributed by atoms with van der Waals surface area (Å²) in [6.07, 6.45) is 0.370. The van der Waals surface area contributed by atoms with Gasteiger partial charge in [0, 0.05) is 24.4 Å². The van der Waals surface area contributed by atoms with Crippen LogP contribution in [-0.4, -0.2) is 11.5 Å². The second-order valence-electron chi connectivity index (χ2n) is 5.98. The SMILES string of the molecule is CC1(C)CNc2cc(Cc3ccc(F)cc3F)c(Br)nc21. The third-order valence-corrected chi connectivity index (χ3v) is 4.49. The molecule has 110 valence electrons. The number of aromatic nitrogens is 1. The summed E-state index contributed by atoms with van der Waals surface area (Å²) < 4.78 is 27.4. The molecule has 5 heteroatoms. The molecule has 1 aliphatic rings. The Bertz CT molecular complexity index is 714. The highest BCUT2D eigenvalue weighted by molar-refractivity contribution is 9.10. The fourth-order valence-electron chi connectivity index (χ4n) is 2.58. The molecule has 1 N–H and O–H groups in total. The summed E-state index contributed by atoms with van der Waals surface area (Å²) in [7, 11) is 0. The molecule has 1 aliphatic heterocycles. The van der Waals surface area contributed by atoms with Gasteiger partial charge in [-0.25, -0.2) is 13.8 Å². The molecule has 0 radical (unpaired) electrons. The van der Waals surface area contributed by atoms with Crippen LogP contribution in [0.25, 0.3) is 0 Å². The number of anilines is 1. The first-order chi connectivity index (χ1) is 9.87. The average molecular weight is 353 g/mol. The second kappa shape index (κ2) is 5.05. The lowest BCUT2D eigenvalue weighted by Gasteiger charge is -2.16. The smallest absolute Gasteiger partial charge is 0.129 e. The van der Waals surface area contributed by atoms with Crippen molar-refractivity contribution in [3.05, 3.63) is 57.3 Å². The molecule has 0 unspecified atom stereocenters. The van der Waals surface area contributed by atoms with Crippen molar-refractivity contribution in [2.75, 3.05) is 11.9 Å². The Balaban J connectivity index is 1.97. The molecule has 1 aromatic heterocycles. The molecule has 0 saturated heterocycles. The monoisotopic (exact) mass is 352 g/mol. The summed E-state index contributed by atoms with van der Waals surface area (Å²) in [5, 5.41) is 3.33. The Hall–Kier alpha value is -1.49. The van der Waals surface area contributed by atoms with E-state index in [4.69, 9.17) is 0 Å². The van der Waals surface area contributed by atoms with Crippen LogP contribution in [0.3, 0.4) is 0 Å². The zero-order valence-corrected chi connectivity index (χ0v) is 13.4. The van der Waals surface area contributed by atoms with Crippen molar-refractivity contribution in [2.24, 2.45) is 0 Å². The molecule has 0 saturated carbocycles. The quantitative estimate of drug-likeness (QED) is 0.809. The summed E-state index contributed by atoms with van der Waals surface area (Å²) in [6.45, 7) is 5.09. The van der Waals surface area contributed by atoms with Crippen molar-refractivity contribution < 1.29 is 8.78 Å². The van der Waals surface area contributed by atoms with Crippen LogP contribution in [0, 0.1) is 11.6 Å². The molecule has 0 bridgehead atoms. The Kier molecular flexibility index (Phi) is 3.48. The maximum absolute atomic E-state index is 13.8. The van der Waals surface area contributed by atoms with Crippen molar-refractivity contribution >= 4 is 21.6 Å². The van der Waals surface area contributed by atoms with Crippen LogP contribution < -0.4 is 5.32 Å².